The lowest BCUT2D eigenvalue weighted by Gasteiger charge is -2.23. The summed E-state index contributed by atoms with van der Waals surface area (Å²) < 4.78 is 0. The molecule has 5 heteroatoms. The summed E-state index contributed by atoms with van der Waals surface area (Å²) in [7, 11) is 0. The molecule has 1 aliphatic carbocycles. The van der Waals surface area contributed by atoms with Crippen LogP contribution in [-0.2, 0) is 4.79 Å². The molecule has 1 saturated carbocycles. The second-order valence-corrected chi connectivity index (χ2v) is 3.61. The van der Waals surface area contributed by atoms with Crippen LogP contribution >= 0.6 is 0 Å². The Morgan fingerprint density at radius 2 is 2.29 bits per heavy atom. The third-order valence-electron chi connectivity index (χ3n) is 2.51. The van der Waals surface area contributed by atoms with E-state index < -0.39 is 0 Å². The van der Waals surface area contributed by atoms with Gasteiger partial charge in [0.2, 0.25) is 5.91 Å². The Morgan fingerprint density at radius 3 is 2.79 bits per heavy atom. The third-order valence-corrected chi connectivity index (χ3v) is 2.51. The number of nitrogens with one attached hydrogen (secondary N) is 1. The molecule has 0 bridgehead atoms. The number of nitrogens with two attached hydrogens (primary N) is 1. The van der Waals surface area contributed by atoms with E-state index in [4.69, 9.17) is 10.9 Å². The predicted molar refractivity (Wildman–Crippen MR) is 53.0 cm³/mol. The molecular weight excluding hydrogens is 182 g/mol. The summed E-state index contributed by atoms with van der Waals surface area (Å²) in [4.78, 5) is 11.3. The van der Waals surface area contributed by atoms with Crippen molar-refractivity contribution >= 4 is 11.7 Å². The molecule has 1 fully saturated rings. The van der Waals surface area contributed by atoms with Crippen LogP contribution in [0, 0.1) is 5.92 Å². The van der Waals surface area contributed by atoms with Gasteiger partial charge in [0.1, 0.15) is 5.84 Å². The van der Waals surface area contributed by atoms with Crippen LogP contribution in [0.3, 0.4) is 0 Å². The molecule has 80 valence electrons. The van der Waals surface area contributed by atoms with Gasteiger partial charge < -0.3 is 16.3 Å². The van der Waals surface area contributed by atoms with Crippen molar-refractivity contribution in [2.24, 2.45) is 16.8 Å². The van der Waals surface area contributed by atoms with Gasteiger partial charge in [-0.2, -0.15) is 0 Å². The summed E-state index contributed by atoms with van der Waals surface area (Å²) in [5.74, 6) is 0.595. The van der Waals surface area contributed by atoms with Gasteiger partial charge in [-0.15, -0.1) is 0 Å². The molecule has 0 heterocycles. The van der Waals surface area contributed by atoms with E-state index in [9.17, 15) is 4.79 Å². The Hall–Kier alpha value is -1.26. The Bertz CT molecular complexity index is 224. The fourth-order valence-electron chi connectivity index (χ4n) is 1.35. The zero-order valence-corrected chi connectivity index (χ0v) is 8.20. The maximum Gasteiger partial charge on any atom is 0.223 e. The highest BCUT2D eigenvalue weighted by atomic mass is 16.4. The van der Waals surface area contributed by atoms with E-state index in [1.165, 1.54) is 6.42 Å². The van der Waals surface area contributed by atoms with Gasteiger partial charge in [-0.25, -0.2) is 0 Å². The molecule has 1 rings (SSSR count). The van der Waals surface area contributed by atoms with Crippen molar-refractivity contribution < 1.29 is 10.0 Å². The monoisotopic (exact) mass is 199 g/mol. The molecule has 1 aliphatic rings. The zero-order chi connectivity index (χ0) is 10.4. The molecule has 14 heavy (non-hydrogen) atoms. The van der Waals surface area contributed by atoms with Crippen LogP contribution in [-0.4, -0.2) is 23.5 Å². The normalized spacial score (nSPS) is 17.6. The lowest BCUT2D eigenvalue weighted by Crippen LogP contribution is -2.35. The summed E-state index contributed by atoms with van der Waals surface area (Å²) >= 11 is 0. The summed E-state index contributed by atoms with van der Waals surface area (Å²) in [5.41, 5.74) is 5.27. The van der Waals surface area contributed by atoms with Crippen molar-refractivity contribution in [2.45, 2.75) is 32.1 Å². The number of carbonyl (C=O) groups excluding carboxylic acids is 1. The van der Waals surface area contributed by atoms with Gasteiger partial charge in [0.15, 0.2) is 0 Å². The molecule has 1 amide bonds. The number of nitrogens with zero attached hydrogens (tertiary/aromatic N) is 1. The first-order valence-electron chi connectivity index (χ1n) is 4.98. The Kier molecular flexibility index (Phi) is 4.22. The molecule has 0 unspecified atom stereocenters. The molecule has 0 radical (unpaired) electrons. The van der Waals surface area contributed by atoms with Crippen LogP contribution in [0.2, 0.25) is 0 Å². The molecule has 0 atom stereocenters. The fraction of sp³-hybridized carbons (Fsp3) is 0.778. The Balaban J connectivity index is 2.00. The quantitative estimate of drug-likeness (QED) is 0.197. The van der Waals surface area contributed by atoms with E-state index in [-0.39, 0.29) is 17.7 Å². The van der Waals surface area contributed by atoms with E-state index >= 15 is 0 Å². The van der Waals surface area contributed by atoms with E-state index in [0.29, 0.717) is 19.4 Å². The number of hydrogen-bond acceptors (Lipinski definition) is 3. The highest BCUT2D eigenvalue weighted by Crippen LogP contribution is 2.25. The first-order valence-corrected chi connectivity index (χ1v) is 4.98. The lowest BCUT2D eigenvalue weighted by molar-refractivity contribution is -0.127. The highest BCUT2D eigenvalue weighted by molar-refractivity contribution is 5.80. The van der Waals surface area contributed by atoms with Crippen LogP contribution < -0.4 is 11.1 Å². The van der Waals surface area contributed by atoms with Crippen molar-refractivity contribution in [2.75, 3.05) is 6.54 Å². The van der Waals surface area contributed by atoms with Gasteiger partial charge in [-0.05, 0) is 19.3 Å². The van der Waals surface area contributed by atoms with Gasteiger partial charge in [0.25, 0.3) is 0 Å². The van der Waals surface area contributed by atoms with Crippen molar-refractivity contribution in [3.8, 4) is 0 Å². The van der Waals surface area contributed by atoms with Crippen LogP contribution in [0.5, 0.6) is 0 Å². The number of amidine groups is 1. The molecule has 4 N–H and O–H groups in total. The SMILES string of the molecule is NC(CCCNC(=O)C1CCC1)=NO. The molecule has 0 aromatic carbocycles. The summed E-state index contributed by atoms with van der Waals surface area (Å²) in [5, 5.41) is 13.9. The minimum atomic E-state index is 0.149. The van der Waals surface area contributed by atoms with Gasteiger partial charge >= 0.3 is 0 Å². The number of rotatable bonds is 5. The average Bonchev–Trinajstić information content (AvgIpc) is 2.09. The van der Waals surface area contributed by atoms with Crippen molar-refractivity contribution in [3.63, 3.8) is 0 Å². The molecule has 0 aromatic rings. The Labute approximate surface area is 83.3 Å². The van der Waals surface area contributed by atoms with Crippen LogP contribution in [0.4, 0.5) is 0 Å². The summed E-state index contributed by atoms with van der Waals surface area (Å²) in [6.45, 7) is 0.603. The Morgan fingerprint density at radius 1 is 1.57 bits per heavy atom. The number of oxime groups is 1. The minimum absolute atomic E-state index is 0.149. The second kappa shape index (κ2) is 5.47. The molecule has 0 aromatic heterocycles. The largest absolute Gasteiger partial charge is 0.409 e. The lowest BCUT2D eigenvalue weighted by atomic mass is 9.85. The topological polar surface area (TPSA) is 87.7 Å². The third kappa shape index (κ3) is 3.24. The molecule has 5 nitrogen and oxygen atoms in total. The molecular formula is C9H17N3O2. The molecule has 0 spiro atoms. The second-order valence-electron chi connectivity index (χ2n) is 3.61. The van der Waals surface area contributed by atoms with E-state index in [1.807, 2.05) is 0 Å². The fourth-order valence-corrected chi connectivity index (χ4v) is 1.35. The van der Waals surface area contributed by atoms with Gasteiger partial charge in [0, 0.05) is 18.9 Å². The number of hydrogen-bond donors (Lipinski definition) is 3. The summed E-state index contributed by atoms with van der Waals surface area (Å²) in [6, 6.07) is 0. The average molecular weight is 199 g/mol. The first-order chi connectivity index (χ1) is 6.74. The van der Waals surface area contributed by atoms with Crippen LogP contribution in [0.1, 0.15) is 32.1 Å². The summed E-state index contributed by atoms with van der Waals surface area (Å²) in [6.07, 6.45) is 4.44. The van der Waals surface area contributed by atoms with Crippen molar-refractivity contribution in [3.05, 3.63) is 0 Å². The first kappa shape index (κ1) is 10.8. The van der Waals surface area contributed by atoms with Gasteiger partial charge in [0.05, 0.1) is 0 Å². The zero-order valence-electron chi connectivity index (χ0n) is 8.20. The number of carbonyl (C=O) groups is 1. The van der Waals surface area contributed by atoms with Crippen LogP contribution in [0.25, 0.3) is 0 Å². The van der Waals surface area contributed by atoms with E-state index in [2.05, 4.69) is 10.5 Å². The van der Waals surface area contributed by atoms with Crippen molar-refractivity contribution in [1.82, 2.24) is 5.32 Å². The standard InChI is InChI=1S/C9H17N3O2/c10-8(12-14)5-2-6-11-9(13)7-3-1-4-7/h7,14H,1-6H2,(H2,10,12)(H,11,13). The van der Waals surface area contributed by atoms with Gasteiger partial charge in [-0.3, -0.25) is 4.79 Å². The highest BCUT2D eigenvalue weighted by Gasteiger charge is 2.24. The maximum atomic E-state index is 11.3. The van der Waals surface area contributed by atoms with Crippen LogP contribution in [0.15, 0.2) is 5.16 Å². The van der Waals surface area contributed by atoms with Crippen molar-refractivity contribution in [1.29, 1.82) is 0 Å². The number of amides is 1. The molecule has 0 saturated heterocycles. The maximum absolute atomic E-state index is 11.3. The van der Waals surface area contributed by atoms with E-state index in [0.717, 1.165) is 12.8 Å². The predicted octanol–water partition coefficient (Wildman–Crippen LogP) is 0.429. The van der Waals surface area contributed by atoms with E-state index in [1.54, 1.807) is 0 Å². The smallest absolute Gasteiger partial charge is 0.223 e. The molecule has 0 aliphatic heterocycles. The van der Waals surface area contributed by atoms with Gasteiger partial charge in [-0.1, -0.05) is 11.6 Å². The minimum Gasteiger partial charge on any atom is -0.409 e.